The van der Waals surface area contributed by atoms with E-state index < -0.39 is 0 Å². The van der Waals surface area contributed by atoms with Crippen LogP contribution in [-0.2, 0) is 7.05 Å². The monoisotopic (exact) mass is 427 g/mol. The van der Waals surface area contributed by atoms with Gasteiger partial charge in [-0.15, -0.1) is 22.7 Å². The van der Waals surface area contributed by atoms with Crippen molar-refractivity contribution in [1.82, 2.24) is 19.7 Å². The second-order valence-electron chi connectivity index (χ2n) is 6.13. The van der Waals surface area contributed by atoms with E-state index in [2.05, 4.69) is 26.8 Å². The van der Waals surface area contributed by atoms with E-state index >= 15 is 0 Å². The molecular formula is C21H25N5OS2. The zero-order valence-electron chi connectivity index (χ0n) is 17.5. The Morgan fingerprint density at radius 1 is 1.10 bits per heavy atom. The molecule has 0 unspecified atom stereocenters. The highest BCUT2D eigenvalue weighted by molar-refractivity contribution is 7.16. The quantitative estimate of drug-likeness (QED) is 0.419. The Kier molecular flexibility index (Phi) is 6.66. The number of aromatic nitrogens is 4. The average molecular weight is 428 g/mol. The second kappa shape index (κ2) is 9.19. The summed E-state index contributed by atoms with van der Waals surface area (Å²) >= 11 is 3.23. The number of anilines is 2. The van der Waals surface area contributed by atoms with Crippen LogP contribution in [0.4, 0.5) is 10.8 Å². The van der Waals surface area contributed by atoms with Gasteiger partial charge in [0.15, 0.2) is 5.13 Å². The van der Waals surface area contributed by atoms with Crippen LogP contribution in [0.25, 0.3) is 21.7 Å². The molecule has 3 aromatic heterocycles. The van der Waals surface area contributed by atoms with Crippen molar-refractivity contribution in [3.05, 3.63) is 46.7 Å². The molecule has 0 amide bonds. The summed E-state index contributed by atoms with van der Waals surface area (Å²) in [5.74, 6) is 0.768. The van der Waals surface area contributed by atoms with Gasteiger partial charge in [0.2, 0.25) is 0 Å². The Morgan fingerprint density at radius 3 is 2.52 bits per heavy atom. The largest absolute Gasteiger partial charge is 0.495 e. The summed E-state index contributed by atoms with van der Waals surface area (Å²) in [6, 6.07) is 6.03. The van der Waals surface area contributed by atoms with Gasteiger partial charge in [0.05, 0.1) is 40.3 Å². The van der Waals surface area contributed by atoms with Crippen LogP contribution >= 0.6 is 22.7 Å². The zero-order chi connectivity index (χ0) is 21.0. The molecule has 0 saturated heterocycles. The number of benzene rings is 1. The maximum atomic E-state index is 5.51. The van der Waals surface area contributed by atoms with E-state index in [1.807, 2.05) is 59.3 Å². The summed E-state index contributed by atoms with van der Waals surface area (Å²) in [6.07, 6.45) is 3.84. The number of aryl methyl sites for hydroxylation is 3. The minimum atomic E-state index is 0.768. The zero-order valence-corrected chi connectivity index (χ0v) is 19.1. The Balaban J connectivity index is 0.00000117. The van der Waals surface area contributed by atoms with Crippen molar-refractivity contribution in [2.75, 3.05) is 12.4 Å². The lowest BCUT2D eigenvalue weighted by atomic mass is 10.1. The third kappa shape index (κ3) is 4.65. The molecule has 0 fully saturated rings. The smallest absolute Gasteiger partial charge is 0.187 e. The van der Waals surface area contributed by atoms with Crippen LogP contribution in [0.2, 0.25) is 0 Å². The van der Waals surface area contributed by atoms with E-state index in [0.717, 1.165) is 49.0 Å². The number of nitrogens with zero attached hydrogens (tertiary/aromatic N) is 4. The van der Waals surface area contributed by atoms with Gasteiger partial charge in [-0.25, -0.2) is 9.97 Å². The number of hydrogen-bond donors (Lipinski definition) is 1. The lowest BCUT2D eigenvalue weighted by Gasteiger charge is -2.10. The van der Waals surface area contributed by atoms with Crippen molar-refractivity contribution in [3.63, 3.8) is 0 Å². The minimum Gasteiger partial charge on any atom is -0.495 e. The summed E-state index contributed by atoms with van der Waals surface area (Å²) in [6.45, 7) is 8.03. The molecule has 3 heterocycles. The van der Waals surface area contributed by atoms with Crippen LogP contribution in [-0.4, -0.2) is 26.9 Å². The number of ether oxygens (including phenoxy) is 1. The van der Waals surface area contributed by atoms with Crippen LogP contribution in [0.15, 0.2) is 36.0 Å². The van der Waals surface area contributed by atoms with E-state index in [9.17, 15) is 0 Å². The molecular weight excluding hydrogens is 402 g/mol. The molecule has 152 valence electrons. The highest BCUT2D eigenvalue weighted by Crippen LogP contribution is 2.36. The van der Waals surface area contributed by atoms with Gasteiger partial charge in [-0.2, -0.15) is 5.10 Å². The first-order valence-corrected chi connectivity index (χ1v) is 11.1. The maximum Gasteiger partial charge on any atom is 0.187 e. The molecule has 1 aromatic carbocycles. The highest BCUT2D eigenvalue weighted by Gasteiger charge is 2.13. The van der Waals surface area contributed by atoms with Gasteiger partial charge in [0, 0.05) is 24.2 Å². The van der Waals surface area contributed by atoms with Crippen LogP contribution < -0.4 is 10.1 Å². The molecule has 0 radical (unpaired) electrons. The van der Waals surface area contributed by atoms with Gasteiger partial charge in [0.1, 0.15) is 5.75 Å². The van der Waals surface area contributed by atoms with Gasteiger partial charge in [0.25, 0.3) is 0 Å². The van der Waals surface area contributed by atoms with Crippen molar-refractivity contribution in [2.45, 2.75) is 27.7 Å². The van der Waals surface area contributed by atoms with Gasteiger partial charge < -0.3 is 10.1 Å². The van der Waals surface area contributed by atoms with Crippen LogP contribution in [0.3, 0.4) is 0 Å². The summed E-state index contributed by atoms with van der Waals surface area (Å²) in [5, 5.41) is 11.6. The molecule has 0 aliphatic heterocycles. The molecule has 0 atom stereocenters. The molecule has 0 spiro atoms. The van der Waals surface area contributed by atoms with Crippen molar-refractivity contribution < 1.29 is 4.74 Å². The van der Waals surface area contributed by atoms with Crippen molar-refractivity contribution in [3.8, 4) is 27.4 Å². The number of methoxy groups -OCH3 is 1. The van der Waals surface area contributed by atoms with Crippen molar-refractivity contribution in [2.24, 2.45) is 7.05 Å². The molecule has 0 saturated carbocycles. The van der Waals surface area contributed by atoms with Crippen molar-refractivity contribution in [1.29, 1.82) is 0 Å². The number of rotatable bonds is 5. The molecule has 0 bridgehead atoms. The SMILES string of the molecule is CC.COc1ccc(-c2cnn(C)c2)cc1Nc1nc(-c2sc(C)nc2C)cs1. The van der Waals surface area contributed by atoms with E-state index in [4.69, 9.17) is 9.72 Å². The fraction of sp³-hybridized carbons (Fsp3) is 0.286. The predicted octanol–water partition coefficient (Wildman–Crippen LogP) is 6.06. The number of hydrogen-bond acceptors (Lipinski definition) is 7. The minimum absolute atomic E-state index is 0.768. The fourth-order valence-electron chi connectivity index (χ4n) is 2.88. The summed E-state index contributed by atoms with van der Waals surface area (Å²) < 4.78 is 7.30. The lowest BCUT2D eigenvalue weighted by Crippen LogP contribution is -1.95. The standard InChI is InChI=1S/C19H19N5OS2.C2H6/c1-11-18(27-12(2)21-11)16-10-26-19(23-16)22-15-7-13(5-6-17(15)25-4)14-8-20-24(3)9-14;1-2/h5-10H,1-4H3,(H,22,23);1-2H3. The van der Waals surface area contributed by atoms with E-state index in [1.54, 1.807) is 34.5 Å². The molecule has 1 N–H and O–H groups in total. The Labute approximate surface area is 179 Å². The van der Waals surface area contributed by atoms with Crippen LogP contribution in [0.1, 0.15) is 24.5 Å². The first-order valence-electron chi connectivity index (χ1n) is 9.37. The third-order valence-corrected chi connectivity index (χ3v) is 5.97. The topological polar surface area (TPSA) is 64.9 Å². The number of thiazole rings is 2. The molecule has 6 nitrogen and oxygen atoms in total. The third-order valence-electron chi connectivity index (χ3n) is 4.12. The predicted molar refractivity (Wildman–Crippen MR) is 123 cm³/mol. The van der Waals surface area contributed by atoms with Gasteiger partial charge >= 0.3 is 0 Å². The van der Waals surface area contributed by atoms with E-state index in [1.165, 1.54) is 0 Å². The van der Waals surface area contributed by atoms with Gasteiger partial charge in [-0.3, -0.25) is 4.68 Å². The highest BCUT2D eigenvalue weighted by atomic mass is 32.1. The van der Waals surface area contributed by atoms with Crippen LogP contribution in [0, 0.1) is 13.8 Å². The first kappa shape index (κ1) is 21.0. The summed E-state index contributed by atoms with van der Waals surface area (Å²) in [5.41, 5.74) is 4.96. The first-order chi connectivity index (χ1) is 14.0. The summed E-state index contributed by atoms with van der Waals surface area (Å²) in [7, 11) is 3.58. The van der Waals surface area contributed by atoms with Gasteiger partial charge in [-0.1, -0.05) is 19.9 Å². The molecule has 4 rings (SSSR count). The maximum absolute atomic E-state index is 5.51. The van der Waals surface area contributed by atoms with Crippen LogP contribution in [0.5, 0.6) is 5.75 Å². The van der Waals surface area contributed by atoms with Gasteiger partial charge in [-0.05, 0) is 31.5 Å². The summed E-state index contributed by atoms with van der Waals surface area (Å²) in [4.78, 5) is 10.3. The Bertz CT molecular complexity index is 1100. The lowest BCUT2D eigenvalue weighted by molar-refractivity contribution is 0.417. The van der Waals surface area contributed by atoms with E-state index in [0.29, 0.717) is 0 Å². The van der Waals surface area contributed by atoms with E-state index in [-0.39, 0.29) is 0 Å². The molecule has 8 heteroatoms. The molecule has 0 aliphatic rings. The Hall–Kier alpha value is -2.71. The molecule has 29 heavy (non-hydrogen) atoms. The fourth-order valence-corrected chi connectivity index (χ4v) is 4.54. The van der Waals surface area contributed by atoms with Crippen molar-refractivity contribution >= 4 is 33.5 Å². The molecule has 4 aromatic rings. The number of nitrogens with one attached hydrogen (secondary N) is 1. The Morgan fingerprint density at radius 2 is 1.90 bits per heavy atom. The second-order valence-corrected chi connectivity index (χ2v) is 8.19. The average Bonchev–Trinajstić information content (AvgIpc) is 3.44. The normalized spacial score (nSPS) is 10.4. The molecule has 0 aliphatic carbocycles.